The number of ether oxygens (including phenoxy) is 1. The molecule has 0 aliphatic heterocycles. The number of aryl methyl sites for hydroxylation is 1. The largest absolute Gasteiger partial charge is 0.496 e. The molecule has 1 atom stereocenters. The van der Waals surface area contributed by atoms with E-state index in [0.717, 1.165) is 18.6 Å². The summed E-state index contributed by atoms with van der Waals surface area (Å²) in [5.74, 6) is 1.50. The van der Waals surface area contributed by atoms with E-state index in [9.17, 15) is 5.11 Å². The minimum atomic E-state index is -0.116. The summed E-state index contributed by atoms with van der Waals surface area (Å²) in [6.45, 7) is 0. The monoisotopic (exact) mass is 206 g/mol. The molecule has 1 aliphatic rings. The molecule has 1 aromatic carbocycles. The lowest BCUT2D eigenvalue weighted by Gasteiger charge is -2.11. The van der Waals surface area contributed by atoms with E-state index in [1.165, 1.54) is 18.4 Å². The van der Waals surface area contributed by atoms with Crippen molar-refractivity contribution in [2.45, 2.75) is 31.8 Å². The minimum Gasteiger partial charge on any atom is -0.496 e. The molecular weight excluding hydrogens is 188 g/mol. The molecule has 0 amide bonds. The third-order valence-electron chi connectivity index (χ3n) is 3.07. The van der Waals surface area contributed by atoms with Crippen LogP contribution in [0.25, 0.3) is 0 Å². The van der Waals surface area contributed by atoms with Crippen LogP contribution in [0.3, 0.4) is 0 Å². The van der Waals surface area contributed by atoms with Gasteiger partial charge in [0.15, 0.2) is 0 Å². The summed E-state index contributed by atoms with van der Waals surface area (Å²) in [6, 6.07) is 8.03. The molecule has 0 saturated heterocycles. The van der Waals surface area contributed by atoms with Crippen molar-refractivity contribution in [1.82, 2.24) is 0 Å². The SMILES string of the molecule is COc1ccccc1CC[C@H](O)C1CC1. The Kier molecular flexibility index (Phi) is 3.27. The van der Waals surface area contributed by atoms with Crippen molar-refractivity contribution in [3.63, 3.8) is 0 Å². The summed E-state index contributed by atoms with van der Waals surface area (Å²) in [6.07, 6.45) is 4.04. The Labute approximate surface area is 90.9 Å². The molecule has 2 heteroatoms. The van der Waals surface area contributed by atoms with Gasteiger partial charge in [-0.3, -0.25) is 0 Å². The number of rotatable bonds is 5. The Balaban J connectivity index is 1.91. The molecule has 0 heterocycles. The van der Waals surface area contributed by atoms with Gasteiger partial charge in [-0.05, 0) is 43.2 Å². The van der Waals surface area contributed by atoms with Crippen LogP contribution in [0.4, 0.5) is 0 Å². The van der Waals surface area contributed by atoms with Crippen LogP contribution < -0.4 is 4.74 Å². The van der Waals surface area contributed by atoms with Gasteiger partial charge < -0.3 is 9.84 Å². The molecular formula is C13H18O2. The van der Waals surface area contributed by atoms with Gasteiger partial charge in [0.25, 0.3) is 0 Å². The maximum absolute atomic E-state index is 9.77. The first-order valence-electron chi connectivity index (χ1n) is 5.61. The predicted molar refractivity (Wildman–Crippen MR) is 60.0 cm³/mol. The highest BCUT2D eigenvalue weighted by Gasteiger charge is 2.29. The molecule has 2 rings (SSSR count). The van der Waals surface area contributed by atoms with Crippen LogP contribution in [0.1, 0.15) is 24.8 Å². The van der Waals surface area contributed by atoms with E-state index >= 15 is 0 Å². The highest BCUT2D eigenvalue weighted by Crippen LogP contribution is 2.34. The van der Waals surface area contributed by atoms with Gasteiger partial charge in [0, 0.05) is 0 Å². The van der Waals surface area contributed by atoms with Crippen molar-refractivity contribution in [3.8, 4) is 5.75 Å². The third kappa shape index (κ3) is 2.72. The number of hydrogen-bond donors (Lipinski definition) is 1. The summed E-state index contributed by atoms with van der Waals surface area (Å²) in [4.78, 5) is 0. The predicted octanol–water partition coefficient (Wildman–Crippen LogP) is 2.40. The Bertz CT molecular complexity index is 318. The third-order valence-corrected chi connectivity index (χ3v) is 3.07. The van der Waals surface area contributed by atoms with Crippen LogP contribution in [0.5, 0.6) is 5.75 Å². The van der Waals surface area contributed by atoms with E-state index in [2.05, 4.69) is 6.07 Å². The number of hydrogen-bond acceptors (Lipinski definition) is 2. The normalized spacial score (nSPS) is 17.5. The van der Waals surface area contributed by atoms with Crippen LogP contribution in [0, 0.1) is 5.92 Å². The van der Waals surface area contributed by atoms with E-state index in [-0.39, 0.29) is 6.10 Å². The molecule has 0 radical (unpaired) electrons. The van der Waals surface area contributed by atoms with Crippen molar-refractivity contribution >= 4 is 0 Å². The molecule has 0 spiro atoms. The Hall–Kier alpha value is -1.02. The molecule has 0 unspecified atom stereocenters. The van der Waals surface area contributed by atoms with Crippen molar-refractivity contribution in [3.05, 3.63) is 29.8 Å². The summed E-state index contributed by atoms with van der Waals surface area (Å²) >= 11 is 0. The van der Waals surface area contributed by atoms with Gasteiger partial charge >= 0.3 is 0 Å². The molecule has 2 nitrogen and oxygen atoms in total. The quantitative estimate of drug-likeness (QED) is 0.801. The van der Waals surface area contributed by atoms with Gasteiger partial charge in [-0.1, -0.05) is 18.2 Å². The fraction of sp³-hybridized carbons (Fsp3) is 0.538. The first-order chi connectivity index (χ1) is 7.31. The number of methoxy groups -OCH3 is 1. The van der Waals surface area contributed by atoms with Crippen LogP contribution in [-0.2, 0) is 6.42 Å². The van der Waals surface area contributed by atoms with Crippen molar-refractivity contribution in [1.29, 1.82) is 0 Å². The van der Waals surface area contributed by atoms with Crippen molar-refractivity contribution in [2.24, 2.45) is 5.92 Å². The lowest BCUT2D eigenvalue weighted by Crippen LogP contribution is -2.10. The van der Waals surface area contributed by atoms with Crippen molar-refractivity contribution in [2.75, 3.05) is 7.11 Å². The Morgan fingerprint density at radius 3 is 2.80 bits per heavy atom. The van der Waals surface area contributed by atoms with Gasteiger partial charge in [0.2, 0.25) is 0 Å². The van der Waals surface area contributed by atoms with E-state index in [4.69, 9.17) is 4.74 Å². The molecule has 0 aromatic heterocycles. The van der Waals surface area contributed by atoms with Gasteiger partial charge in [-0.2, -0.15) is 0 Å². The lowest BCUT2D eigenvalue weighted by atomic mass is 10.0. The molecule has 1 aliphatic carbocycles. The second-order valence-corrected chi connectivity index (χ2v) is 4.26. The van der Waals surface area contributed by atoms with E-state index in [1.807, 2.05) is 18.2 Å². The summed E-state index contributed by atoms with van der Waals surface area (Å²) in [5.41, 5.74) is 1.19. The first-order valence-corrected chi connectivity index (χ1v) is 5.61. The fourth-order valence-electron chi connectivity index (χ4n) is 1.93. The van der Waals surface area contributed by atoms with Crippen LogP contribution in [0.2, 0.25) is 0 Å². The van der Waals surface area contributed by atoms with Gasteiger partial charge in [0.05, 0.1) is 13.2 Å². The second kappa shape index (κ2) is 4.67. The van der Waals surface area contributed by atoms with Crippen LogP contribution >= 0.6 is 0 Å². The fourth-order valence-corrected chi connectivity index (χ4v) is 1.93. The lowest BCUT2D eigenvalue weighted by molar-refractivity contribution is 0.141. The molecule has 1 saturated carbocycles. The smallest absolute Gasteiger partial charge is 0.122 e. The van der Waals surface area contributed by atoms with E-state index in [1.54, 1.807) is 7.11 Å². The minimum absolute atomic E-state index is 0.116. The Morgan fingerprint density at radius 1 is 1.40 bits per heavy atom. The maximum Gasteiger partial charge on any atom is 0.122 e. The molecule has 15 heavy (non-hydrogen) atoms. The topological polar surface area (TPSA) is 29.5 Å². The maximum atomic E-state index is 9.77. The zero-order valence-corrected chi connectivity index (χ0v) is 9.15. The van der Waals surface area contributed by atoms with Crippen LogP contribution in [0.15, 0.2) is 24.3 Å². The van der Waals surface area contributed by atoms with Crippen molar-refractivity contribution < 1.29 is 9.84 Å². The Morgan fingerprint density at radius 2 is 2.13 bits per heavy atom. The van der Waals surface area contributed by atoms with Crippen LogP contribution in [-0.4, -0.2) is 18.3 Å². The standard InChI is InChI=1S/C13H18O2/c1-15-13-5-3-2-4-11(13)8-9-12(14)10-6-7-10/h2-5,10,12,14H,6-9H2,1H3/t12-/m0/s1. The average molecular weight is 206 g/mol. The summed E-state index contributed by atoms with van der Waals surface area (Å²) in [5, 5.41) is 9.77. The highest BCUT2D eigenvalue weighted by atomic mass is 16.5. The molecule has 82 valence electrons. The molecule has 0 bridgehead atoms. The summed E-state index contributed by atoms with van der Waals surface area (Å²) in [7, 11) is 1.69. The number of aliphatic hydroxyl groups is 1. The van der Waals surface area contributed by atoms with Gasteiger partial charge in [-0.25, -0.2) is 0 Å². The van der Waals surface area contributed by atoms with Gasteiger partial charge in [0.1, 0.15) is 5.75 Å². The zero-order chi connectivity index (χ0) is 10.7. The molecule has 1 fully saturated rings. The average Bonchev–Trinajstić information content (AvgIpc) is 3.10. The number of benzene rings is 1. The number of aliphatic hydroxyl groups excluding tert-OH is 1. The van der Waals surface area contributed by atoms with E-state index in [0.29, 0.717) is 5.92 Å². The second-order valence-electron chi connectivity index (χ2n) is 4.26. The zero-order valence-electron chi connectivity index (χ0n) is 9.15. The number of para-hydroxylation sites is 1. The molecule has 1 N–H and O–H groups in total. The van der Waals surface area contributed by atoms with Gasteiger partial charge in [-0.15, -0.1) is 0 Å². The van der Waals surface area contributed by atoms with E-state index < -0.39 is 0 Å². The summed E-state index contributed by atoms with van der Waals surface area (Å²) < 4.78 is 5.27. The molecule has 1 aromatic rings. The first kappa shape index (κ1) is 10.5. The highest BCUT2D eigenvalue weighted by molar-refractivity contribution is 5.33.